The fraction of sp³-hybridized carbons (Fsp3) is 0.567. The summed E-state index contributed by atoms with van der Waals surface area (Å²) in [4.78, 5) is 17.3. The van der Waals surface area contributed by atoms with Crippen LogP contribution in [0, 0.1) is 0 Å². The van der Waals surface area contributed by atoms with Crippen LogP contribution in [0.2, 0.25) is 0 Å². The third kappa shape index (κ3) is 6.93. The molecule has 2 aromatic rings. The smallest absolute Gasteiger partial charge is 0.319 e. The van der Waals surface area contributed by atoms with Crippen molar-refractivity contribution in [1.29, 1.82) is 0 Å². The Hall–Kier alpha value is -2.49. The van der Waals surface area contributed by atoms with E-state index in [-0.39, 0.29) is 24.8 Å². The highest BCUT2D eigenvalue weighted by Gasteiger charge is 2.36. The van der Waals surface area contributed by atoms with Crippen LogP contribution >= 0.6 is 0 Å². The van der Waals surface area contributed by atoms with Crippen molar-refractivity contribution in [2.24, 2.45) is 0 Å². The maximum atomic E-state index is 12.1. The summed E-state index contributed by atoms with van der Waals surface area (Å²) in [5.74, 6) is 0. The lowest BCUT2D eigenvalue weighted by Gasteiger charge is -2.39. The monoisotopic (exact) mass is 522 g/mol. The molecule has 0 unspecified atom stereocenters. The summed E-state index contributed by atoms with van der Waals surface area (Å²) in [6, 6.07) is 16.1. The molecular weight excluding hydrogens is 480 g/mol. The SMILES string of the molecule is CCNC(=O)Nc1cccc([C@@H]2O[C@H](CN3CCC[C@H]3CN3CCCC3)C[C@H](c3ccc(CO)cc3)O2)c1. The molecule has 3 heterocycles. The van der Waals surface area contributed by atoms with Crippen LogP contribution in [-0.2, 0) is 16.1 Å². The summed E-state index contributed by atoms with van der Waals surface area (Å²) in [5, 5.41) is 15.1. The fourth-order valence-electron chi connectivity index (χ4n) is 6.00. The number of likely N-dealkylation sites (tertiary alicyclic amines) is 2. The lowest BCUT2D eigenvalue weighted by molar-refractivity contribution is -0.253. The molecule has 3 N–H and O–H groups in total. The van der Waals surface area contributed by atoms with E-state index in [2.05, 4.69) is 32.6 Å². The average Bonchev–Trinajstić information content (AvgIpc) is 3.61. The minimum Gasteiger partial charge on any atom is -0.392 e. The van der Waals surface area contributed by atoms with Gasteiger partial charge in [0.1, 0.15) is 0 Å². The van der Waals surface area contributed by atoms with E-state index >= 15 is 0 Å². The number of anilines is 1. The van der Waals surface area contributed by atoms with Crippen molar-refractivity contribution in [2.45, 2.75) is 70.2 Å². The van der Waals surface area contributed by atoms with E-state index in [1.807, 2.05) is 43.3 Å². The van der Waals surface area contributed by atoms with Gasteiger partial charge < -0.3 is 30.1 Å². The van der Waals surface area contributed by atoms with E-state index < -0.39 is 6.29 Å². The van der Waals surface area contributed by atoms with Crippen LogP contribution in [0.3, 0.4) is 0 Å². The standard InChI is InChI=1S/C30H42N4O4/c1-2-31-30(36)32-25-8-5-7-24(17-25)29-37-27(18-28(38-29)23-12-10-22(21-35)11-13-23)20-34-16-6-9-26(34)19-33-14-3-4-15-33/h5,7-8,10-13,17,26-29,35H,2-4,6,9,14-16,18-21H2,1H3,(H2,31,32,36)/t26-,27-,28+,29+/m0/s1. The number of nitrogens with zero attached hydrogens (tertiary/aromatic N) is 2. The Balaban J connectivity index is 1.32. The summed E-state index contributed by atoms with van der Waals surface area (Å²) in [6.45, 7) is 8.11. The molecule has 0 aromatic heterocycles. The van der Waals surface area contributed by atoms with Crippen molar-refractivity contribution in [2.75, 3.05) is 44.6 Å². The maximum absolute atomic E-state index is 12.1. The first-order chi connectivity index (χ1) is 18.6. The second-order valence-corrected chi connectivity index (χ2v) is 10.8. The zero-order chi connectivity index (χ0) is 26.3. The number of amides is 2. The number of rotatable bonds is 9. The van der Waals surface area contributed by atoms with Gasteiger partial charge in [-0.3, -0.25) is 4.90 Å². The molecule has 3 aliphatic heterocycles. The number of ether oxygens (including phenoxy) is 2. The molecule has 0 aliphatic carbocycles. The van der Waals surface area contributed by atoms with E-state index in [0.717, 1.165) is 42.7 Å². The summed E-state index contributed by atoms with van der Waals surface area (Å²) in [6.07, 6.45) is 5.28. The van der Waals surface area contributed by atoms with Crippen LogP contribution in [0.25, 0.3) is 0 Å². The Bertz CT molecular complexity index is 1040. The molecule has 3 aliphatic rings. The summed E-state index contributed by atoms with van der Waals surface area (Å²) in [5.41, 5.74) is 3.57. The predicted molar refractivity (Wildman–Crippen MR) is 148 cm³/mol. The highest BCUT2D eigenvalue weighted by molar-refractivity contribution is 5.89. The minimum absolute atomic E-state index is 0.0236. The topological polar surface area (TPSA) is 86.3 Å². The van der Waals surface area contributed by atoms with Crippen molar-refractivity contribution in [3.05, 3.63) is 65.2 Å². The van der Waals surface area contributed by atoms with Crippen LogP contribution in [-0.4, -0.2) is 72.4 Å². The number of carbonyl (C=O) groups is 1. The number of hydrogen-bond donors (Lipinski definition) is 3. The third-order valence-electron chi connectivity index (χ3n) is 7.97. The highest BCUT2D eigenvalue weighted by Crippen LogP contribution is 2.39. The molecule has 5 rings (SSSR count). The quantitative estimate of drug-likeness (QED) is 0.452. The first-order valence-corrected chi connectivity index (χ1v) is 14.2. The van der Waals surface area contributed by atoms with Crippen LogP contribution < -0.4 is 10.6 Å². The zero-order valence-electron chi connectivity index (χ0n) is 22.5. The molecule has 8 nitrogen and oxygen atoms in total. The Morgan fingerprint density at radius 1 is 1.00 bits per heavy atom. The first-order valence-electron chi connectivity index (χ1n) is 14.2. The Labute approximate surface area is 226 Å². The van der Waals surface area contributed by atoms with Gasteiger partial charge in [0.05, 0.1) is 18.8 Å². The number of aliphatic hydroxyl groups is 1. The highest BCUT2D eigenvalue weighted by atomic mass is 16.7. The van der Waals surface area contributed by atoms with Gasteiger partial charge in [-0.05, 0) is 75.5 Å². The van der Waals surface area contributed by atoms with Crippen molar-refractivity contribution in [3.8, 4) is 0 Å². The zero-order valence-corrected chi connectivity index (χ0v) is 22.5. The van der Waals surface area contributed by atoms with Gasteiger partial charge in [0.15, 0.2) is 6.29 Å². The maximum Gasteiger partial charge on any atom is 0.319 e. The molecule has 38 heavy (non-hydrogen) atoms. The van der Waals surface area contributed by atoms with Crippen LogP contribution in [0.1, 0.15) is 68.1 Å². The van der Waals surface area contributed by atoms with Gasteiger partial charge in [-0.25, -0.2) is 4.79 Å². The average molecular weight is 523 g/mol. The molecule has 8 heteroatoms. The summed E-state index contributed by atoms with van der Waals surface area (Å²) >= 11 is 0. The number of carbonyl (C=O) groups excluding carboxylic acids is 1. The third-order valence-corrected chi connectivity index (χ3v) is 7.97. The lowest BCUT2D eigenvalue weighted by Crippen LogP contribution is -2.45. The Kier molecular flexibility index (Phi) is 9.30. The van der Waals surface area contributed by atoms with Crippen molar-refractivity contribution < 1.29 is 19.4 Å². The molecule has 0 spiro atoms. The predicted octanol–water partition coefficient (Wildman–Crippen LogP) is 4.43. The summed E-state index contributed by atoms with van der Waals surface area (Å²) < 4.78 is 13.1. The molecule has 0 saturated carbocycles. The first kappa shape index (κ1) is 27.1. The lowest BCUT2D eigenvalue weighted by atomic mass is 9.99. The number of urea groups is 1. The minimum atomic E-state index is -0.535. The molecule has 2 aromatic carbocycles. The van der Waals surface area contributed by atoms with Gasteiger partial charge in [-0.1, -0.05) is 36.4 Å². The molecule has 4 atom stereocenters. The van der Waals surface area contributed by atoms with E-state index in [1.54, 1.807) is 0 Å². The molecule has 206 valence electrons. The van der Waals surface area contributed by atoms with Gasteiger partial charge >= 0.3 is 6.03 Å². The van der Waals surface area contributed by atoms with Gasteiger partial charge in [0.2, 0.25) is 0 Å². The number of aliphatic hydroxyl groups excluding tert-OH is 1. The Morgan fingerprint density at radius 2 is 1.82 bits per heavy atom. The Morgan fingerprint density at radius 3 is 2.58 bits per heavy atom. The fourth-order valence-corrected chi connectivity index (χ4v) is 6.00. The number of hydrogen-bond acceptors (Lipinski definition) is 6. The van der Waals surface area contributed by atoms with E-state index in [0.29, 0.717) is 18.3 Å². The van der Waals surface area contributed by atoms with Crippen molar-refractivity contribution in [3.63, 3.8) is 0 Å². The molecular formula is C30H42N4O4. The molecule has 3 saturated heterocycles. The largest absolute Gasteiger partial charge is 0.392 e. The van der Waals surface area contributed by atoms with Crippen molar-refractivity contribution >= 4 is 11.7 Å². The molecule has 0 radical (unpaired) electrons. The van der Waals surface area contributed by atoms with Crippen LogP contribution in [0.5, 0.6) is 0 Å². The van der Waals surface area contributed by atoms with E-state index in [9.17, 15) is 9.90 Å². The van der Waals surface area contributed by atoms with Gasteiger partial charge in [0, 0.05) is 43.3 Å². The molecule has 2 amide bonds. The molecule has 3 fully saturated rings. The second-order valence-electron chi connectivity index (χ2n) is 10.8. The number of nitrogens with one attached hydrogen (secondary N) is 2. The normalized spacial score (nSPS) is 26.5. The van der Waals surface area contributed by atoms with Gasteiger partial charge in [-0.15, -0.1) is 0 Å². The summed E-state index contributed by atoms with van der Waals surface area (Å²) in [7, 11) is 0. The van der Waals surface area contributed by atoms with Crippen molar-refractivity contribution in [1.82, 2.24) is 15.1 Å². The van der Waals surface area contributed by atoms with E-state index in [4.69, 9.17) is 9.47 Å². The van der Waals surface area contributed by atoms with Gasteiger partial charge in [0.25, 0.3) is 0 Å². The van der Waals surface area contributed by atoms with Crippen LogP contribution in [0.15, 0.2) is 48.5 Å². The second kappa shape index (κ2) is 13.0. The van der Waals surface area contributed by atoms with Gasteiger partial charge in [-0.2, -0.15) is 0 Å². The number of benzene rings is 2. The molecule has 0 bridgehead atoms. The van der Waals surface area contributed by atoms with Crippen LogP contribution in [0.4, 0.5) is 10.5 Å². The van der Waals surface area contributed by atoms with E-state index in [1.165, 1.54) is 38.8 Å².